The quantitative estimate of drug-likeness (QED) is 0.528. The van der Waals surface area contributed by atoms with Crippen LogP contribution in [0.1, 0.15) is 32.5 Å². The van der Waals surface area contributed by atoms with E-state index in [4.69, 9.17) is 4.42 Å². The van der Waals surface area contributed by atoms with Crippen LogP contribution in [0.5, 0.6) is 0 Å². The first kappa shape index (κ1) is 18.2. The van der Waals surface area contributed by atoms with Crippen molar-refractivity contribution in [3.63, 3.8) is 0 Å². The molecule has 0 aliphatic carbocycles. The van der Waals surface area contributed by atoms with Gasteiger partial charge in [-0.2, -0.15) is 5.10 Å². The highest BCUT2D eigenvalue weighted by atomic mass is 32.1. The second-order valence-electron chi connectivity index (χ2n) is 6.62. The fourth-order valence-corrected chi connectivity index (χ4v) is 3.59. The Balaban J connectivity index is 1.50. The SMILES string of the molecule is Cc1cc(C)n(Cc2nc(-c3ccc(NC(=O)c4cccs4)cc3)oc2C)n1. The monoisotopic (exact) mass is 392 g/mol. The van der Waals surface area contributed by atoms with E-state index in [0.717, 1.165) is 34.1 Å². The first-order valence-electron chi connectivity index (χ1n) is 8.92. The van der Waals surface area contributed by atoms with E-state index in [1.54, 1.807) is 6.07 Å². The third-order valence-electron chi connectivity index (χ3n) is 4.43. The van der Waals surface area contributed by atoms with Gasteiger partial charge in [-0.15, -0.1) is 11.3 Å². The first-order chi connectivity index (χ1) is 13.5. The number of amides is 1. The molecule has 0 spiro atoms. The van der Waals surface area contributed by atoms with Gasteiger partial charge in [-0.25, -0.2) is 4.98 Å². The number of rotatable bonds is 5. The molecule has 0 radical (unpaired) electrons. The summed E-state index contributed by atoms with van der Waals surface area (Å²) in [5, 5.41) is 9.26. The maximum absolute atomic E-state index is 12.1. The summed E-state index contributed by atoms with van der Waals surface area (Å²) in [4.78, 5) is 17.5. The van der Waals surface area contributed by atoms with Crippen molar-refractivity contribution in [1.29, 1.82) is 0 Å². The van der Waals surface area contributed by atoms with Crippen molar-refractivity contribution in [2.45, 2.75) is 27.3 Å². The van der Waals surface area contributed by atoms with E-state index in [0.29, 0.717) is 17.3 Å². The Morgan fingerprint density at radius 3 is 2.61 bits per heavy atom. The van der Waals surface area contributed by atoms with Crippen molar-refractivity contribution in [3.05, 3.63) is 75.6 Å². The van der Waals surface area contributed by atoms with Crippen molar-refractivity contribution in [3.8, 4) is 11.5 Å². The number of anilines is 1. The van der Waals surface area contributed by atoms with Crippen LogP contribution in [-0.2, 0) is 6.54 Å². The van der Waals surface area contributed by atoms with Crippen molar-refractivity contribution in [2.24, 2.45) is 0 Å². The normalized spacial score (nSPS) is 11.0. The molecule has 0 aliphatic heterocycles. The van der Waals surface area contributed by atoms with Crippen molar-refractivity contribution >= 4 is 22.9 Å². The Kier molecular flexibility index (Phi) is 4.83. The molecule has 142 valence electrons. The molecule has 0 saturated heterocycles. The van der Waals surface area contributed by atoms with E-state index >= 15 is 0 Å². The van der Waals surface area contributed by atoms with E-state index < -0.39 is 0 Å². The van der Waals surface area contributed by atoms with Gasteiger partial charge in [-0.1, -0.05) is 6.07 Å². The zero-order valence-corrected chi connectivity index (χ0v) is 16.7. The second-order valence-corrected chi connectivity index (χ2v) is 7.56. The van der Waals surface area contributed by atoms with Crippen LogP contribution in [0.3, 0.4) is 0 Å². The van der Waals surface area contributed by atoms with Gasteiger partial charge in [0.15, 0.2) is 0 Å². The molecule has 1 N–H and O–H groups in total. The van der Waals surface area contributed by atoms with E-state index in [1.165, 1.54) is 11.3 Å². The summed E-state index contributed by atoms with van der Waals surface area (Å²) in [6, 6.07) is 13.2. The van der Waals surface area contributed by atoms with Gasteiger partial charge in [-0.05, 0) is 62.5 Å². The summed E-state index contributed by atoms with van der Waals surface area (Å²) in [7, 11) is 0. The Morgan fingerprint density at radius 2 is 1.96 bits per heavy atom. The lowest BCUT2D eigenvalue weighted by Gasteiger charge is -2.04. The van der Waals surface area contributed by atoms with Gasteiger partial charge >= 0.3 is 0 Å². The molecule has 4 aromatic rings. The minimum Gasteiger partial charge on any atom is -0.441 e. The molecule has 28 heavy (non-hydrogen) atoms. The molecule has 0 saturated carbocycles. The predicted octanol–water partition coefficient (Wildman–Crippen LogP) is 4.83. The van der Waals surface area contributed by atoms with Crippen LogP contribution in [0.15, 0.2) is 52.3 Å². The number of hydrogen-bond donors (Lipinski definition) is 1. The summed E-state index contributed by atoms with van der Waals surface area (Å²) in [5.74, 6) is 1.23. The minimum absolute atomic E-state index is 0.109. The lowest BCUT2D eigenvalue weighted by atomic mass is 10.2. The summed E-state index contributed by atoms with van der Waals surface area (Å²) < 4.78 is 7.79. The van der Waals surface area contributed by atoms with Crippen LogP contribution in [0.25, 0.3) is 11.5 Å². The van der Waals surface area contributed by atoms with E-state index in [1.807, 2.05) is 67.2 Å². The lowest BCUT2D eigenvalue weighted by molar-refractivity contribution is 0.103. The van der Waals surface area contributed by atoms with Gasteiger partial charge in [0.1, 0.15) is 11.5 Å². The molecule has 0 fully saturated rings. The van der Waals surface area contributed by atoms with Gasteiger partial charge in [0, 0.05) is 16.9 Å². The standard InChI is InChI=1S/C21H20N4O2S/c1-13-11-14(2)25(24-13)12-18-15(3)27-21(23-18)16-6-8-17(9-7-16)22-20(26)19-5-4-10-28-19/h4-11H,12H2,1-3H3,(H,22,26). The third-order valence-corrected chi connectivity index (χ3v) is 5.30. The molecule has 6 nitrogen and oxygen atoms in total. The highest BCUT2D eigenvalue weighted by molar-refractivity contribution is 7.12. The molecular weight excluding hydrogens is 372 g/mol. The van der Waals surface area contributed by atoms with Gasteiger partial charge in [0.05, 0.1) is 17.1 Å². The number of carbonyl (C=O) groups is 1. The highest BCUT2D eigenvalue weighted by Crippen LogP contribution is 2.24. The number of nitrogens with one attached hydrogen (secondary N) is 1. The number of nitrogens with zero attached hydrogens (tertiary/aromatic N) is 3. The summed E-state index contributed by atoms with van der Waals surface area (Å²) in [6.45, 7) is 6.49. The minimum atomic E-state index is -0.109. The molecular formula is C21H20N4O2S. The fourth-order valence-electron chi connectivity index (χ4n) is 2.97. The number of aryl methyl sites for hydroxylation is 3. The molecule has 3 heterocycles. The first-order valence-corrected chi connectivity index (χ1v) is 9.80. The van der Waals surface area contributed by atoms with Gasteiger partial charge in [0.25, 0.3) is 5.91 Å². The van der Waals surface area contributed by atoms with Gasteiger partial charge < -0.3 is 9.73 Å². The largest absolute Gasteiger partial charge is 0.441 e. The average molecular weight is 392 g/mol. The zero-order chi connectivity index (χ0) is 19.7. The number of carbonyl (C=O) groups excluding carboxylic acids is 1. The van der Waals surface area contributed by atoms with Crippen LogP contribution >= 0.6 is 11.3 Å². The summed E-state index contributed by atoms with van der Waals surface area (Å²) in [6.07, 6.45) is 0. The van der Waals surface area contributed by atoms with Crippen molar-refractivity contribution < 1.29 is 9.21 Å². The molecule has 1 amide bonds. The Labute approximate surface area is 166 Å². The van der Waals surface area contributed by atoms with E-state index in [-0.39, 0.29) is 5.91 Å². The maximum atomic E-state index is 12.1. The average Bonchev–Trinajstić information content (AvgIpc) is 3.38. The Morgan fingerprint density at radius 1 is 1.18 bits per heavy atom. The molecule has 0 aliphatic rings. The number of aromatic nitrogens is 3. The van der Waals surface area contributed by atoms with Crippen molar-refractivity contribution in [1.82, 2.24) is 14.8 Å². The summed E-state index contributed by atoms with van der Waals surface area (Å²) >= 11 is 1.41. The third kappa shape index (κ3) is 3.75. The number of hydrogen-bond acceptors (Lipinski definition) is 5. The Hall–Kier alpha value is -3.19. The van der Waals surface area contributed by atoms with Gasteiger partial charge in [-0.3, -0.25) is 9.48 Å². The predicted molar refractivity (Wildman–Crippen MR) is 110 cm³/mol. The highest BCUT2D eigenvalue weighted by Gasteiger charge is 2.14. The number of oxazole rings is 1. The number of thiophene rings is 1. The van der Waals surface area contributed by atoms with Crippen LogP contribution in [0.2, 0.25) is 0 Å². The molecule has 4 rings (SSSR count). The molecule has 7 heteroatoms. The molecule has 0 atom stereocenters. The van der Waals surface area contributed by atoms with Crippen LogP contribution in [0, 0.1) is 20.8 Å². The van der Waals surface area contributed by atoms with E-state index in [2.05, 4.69) is 15.4 Å². The van der Waals surface area contributed by atoms with E-state index in [9.17, 15) is 4.79 Å². The van der Waals surface area contributed by atoms with Crippen molar-refractivity contribution in [2.75, 3.05) is 5.32 Å². The maximum Gasteiger partial charge on any atom is 0.265 e. The molecule has 0 bridgehead atoms. The second kappa shape index (κ2) is 7.44. The molecule has 3 aromatic heterocycles. The number of benzene rings is 1. The Bertz CT molecular complexity index is 1110. The van der Waals surface area contributed by atoms with Crippen LogP contribution < -0.4 is 5.32 Å². The van der Waals surface area contributed by atoms with Crippen LogP contribution in [0.4, 0.5) is 5.69 Å². The smallest absolute Gasteiger partial charge is 0.265 e. The fraction of sp³-hybridized carbons (Fsp3) is 0.190. The van der Waals surface area contributed by atoms with Gasteiger partial charge in [0.2, 0.25) is 5.89 Å². The summed E-state index contributed by atoms with van der Waals surface area (Å²) in [5.41, 5.74) is 4.52. The zero-order valence-electron chi connectivity index (χ0n) is 15.9. The van der Waals surface area contributed by atoms with Crippen LogP contribution in [-0.4, -0.2) is 20.7 Å². The molecule has 0 unspecified atom stereocenters. The lowest BCUT2D eigenvalue weighted by Crippen LogP contribution is -2.09. The topological polar surface area (TPSA) is 73.0 Å². The molecule has 1 aromatic carbocycles.